The first-order valence-corrected chi connectivity index (χ1v) is 9.68. The number of fused-ring (bicyclic) bond motifs is 2. The second-order valence-corrected chi connectivity index (χ2v) is 7.90. The van der Waals surface area contributed by atoms with E-state index in [1.54, 1.807) is 12.1 Å². The van der Waals surface area contributed by atoms with Crippen molar-refractivity contribution in [1.82, 2.24) is 5.32 Å². The van der Waals surface area contributed by atoms with Crippen molar-refractivity contribution in [2.45, 2.75) is 76.0 Å². The van der Waals surface area contributed by atoms with Gasteiger partial charge in [-0.3, -0.25) is 4.79 Å². The van der Waals surface area contributed by atoms with Crippen LogP contribution in [0.5, 0.6) is 5.75 Å². The Bertz CT molecular complexity index is 618. The Morgan fingerprint density at radius 3 is 2.56 bits per heavy atom. The minimum atomic E-state index is -0.399. The molecular formula is C20H27FN2O2. The molecule has 3 fully saturated rings. The Morgan fingerprint density at radius 1 is 1.16 bits per heavy atom. The summed E-state index contributed by atoms with van der Waals surface area (Å²) in [5, 5.41) is 6.44. The normalized spacial score (nSPS) is 28.9. The van der Waals surface area contributed by atoms with E-state index in [-0.39, 0.29) is 12.0 Å². The van der Waals surface area contributed by atoms with Gasteiger partial charge in [-0.1, -0.05) is 0 Å². The molecule has 0 aromatic heterocycles. The van der Waals surface area contributed by atoms with Crippen molar-refractivity contribution < 1.29 is 13.9 Å². The van der Waals surface area contributed by atoms with Crippen LogP contribution in [-0.4, -0.2) is 24.1 Å². The number of anilines is 1. The van der Waals surface area contributed by atoms with E-state index in [9.17, 15) is 9.18 Å². The van der Waals surface area contributed by atoms with Crippen LogP contribution >= 0.6 is 0 Å². The van der Waals surface area contributed by atoms with Gasteiger partial charge in [0.05, 0.1) is 6.10 Å². The summed E-state index contributed by atoms with van der Waals surface area (Å²) in [7, 11) is 0. The maximum absolute atomic E-state index is 14.2. The summed E-state index contributed by atoms with van der Waals surface area (Å²) in [5.74, 6) is 0.313. The maximum Gasteiger partial charge on any atom is 0.224 e. The van der Waals surface area contributed by atoms with Crippen LogP contribution in [0.1, 0.15) is 57.8 Å². The van der Waals surface area contributed by atoms with Crippen LogP contribution in [0.2, 0.25) is 0 Å². The average Bonchev–Trinajstić information content (AvgIpc) is 3.19. The second-order valence-electron chi connectivity index (χ2n) is 7.90. The van der Waals surface area contributed by atoms with Crippen LogP contribution in [0.3, 0.4) is 0 Å². The second kappa shape index (κ2) is 7.32. The van der Waals surface area contributed by atoms with Gasteiger partial charge in [0.2, 0.25) is 5.91 Å². The van der Waals surface area contributed by atoms with Crippen molar-refractivity contribution in [2.24, 2.45) is 5.92 Å². The molecule has 0 spiro atoms. The first-order valence-electron chi connectivity index (χ1n) is 9.68. The van der Waals surface area contributed by atoms with Gasteiger partial charge in [-0.05, 0) is 69.4 Å². The summed E-state index contributed by atoms with van der Waals surface area (Å²) < 4.78 is 20.0. The standard InChI is InChI=1S/C20H27FN2O2/c21-18-12-16(7-8-19(18)25-17-3-1-2-4-17)23-20(24)11-13-9-14-5-6-15(10-13)22-14/h7-8,12-15,17,22H,1-6,9-11H2,(H,23,24). The fraction of sp³-hybridized carbons (Fsp3) is 0.650. The van der Waals surface area contributed by atoms with Crippen LogP contribution in [0.4, 0.5) is 10.1 Å². The summed E-state index contributed by atoms with van der Waals surface area (Å²) in [5.41, 5.74) is 0.512. The molecule has 1 aliphatic carbocycles. The molecule has 4 nitrogen and oxygen atoms in total. The number of rotatable bonds is 5. The third kappa shape index (κ3) is 4.14. The molecule has 2 aliphatic heterocycles. The van der Waals surface area contributed by atoms with Gasteiger partial charge in [0, 0.05) is 30.3 Å². The monoisotopic (exact) mass is 346 g/mol. The SMILES string of the molecule is O=C(CC1CC2CCC(C1)N2)Nc1ccc(OC2CCCC2)c(F)c1. The molecule has 0 radical (unpaired) electrons. The van der Waals surface area contributed by atoms with E-state index in [2.05, 4.69) is 10.6 Å². The quantitative estimate of drug-likeness (QED) is 0.847. The summed E-state index contributed by atoms with van der Waals surface area (Å²) in [4.78, 5) is 12.3. The first-order chi connectivity index (χ1) is 12.2. The van der Waals surface area contributed by atoms with Crippen LogP contribution in [0.25, 0.3) is 0 Å². The maximum atomic E-state index is 14.2. The zero-order valence-corrected chi connectivity index (χ0v) is 14.6. The molecule has 5 heteroatoms. The third-order valence-electron chi connectivity index (χ3n) is 5.86. The lowest BCUT2D eigenvalue weighted by Gasteiger charge is -2.28. The molecule has 1 amide bonds. The molecule has 3 aliphatic rings. The van der Waals surface area contributed by atoms with Crippen molar-refractivity contribution in [1.29, 1.82) is 0 Å². The van der Waals surface area contributed by atoms with Gasteiger partial charge in [0.15, 0.2) is 11.6 Å². The van der Waals surface area contributed by atoms with Crippen molar-refractivity contribution in [3.63, 3.8) is 0 Å². The van der Waals surface area contributed by atoms with E-state index >= 15 is 0 Å². The highest BCUT2D eigenvalue weighted by Crippen LogP contribution is 2.33. The fourth-order valence-electron chi connectivity index (χ4n) is 4.68. The molecule has 1 aromatic rings. The molecule has 4 rings (SSSR count). The average molecular weight is 346 g/mol. The number of hydrogen-bond donors (Lipinski definition) is 2. The highest BCUT2D eigenvalue weighted by molar-refractivity contribution is 5.90. The van der Waals surface area contributed by atoms with Gasteiger partial charge in [0.1, 0.15) is 0 Å². The van der Waals surface area contributed by atoms with Gasteiger partial charge < -0.3 is 15.4 Å². The highest BCUT2D eigenvalue weighted by atomic mass is 19.1. The number of benzene rings is 1. The predicted molar refractivity (Wildman–Crippen MR) is 95.2 cm³/mol. The first kappa shape index (κ1) is 16.8. The summed E-state index contributed by atoms with van der Waals surface area (Å²) in [6.45, 7) is 0. The highest BCUT2D eigenvalue weighted by Gasteiger charge is 2.34. The topological polar surface area (TPSA) is 50.4 Å². The van der Waals surface area contributed by atoms with Gasteiger partial charge in [-0.15, -0.1) is 0 Å². The Morgan fingerprint density at radius 2 is 1.88 bits per heavy atom. The summed E-state index contributed by atoms with van der Waals surface area (Å²) in [6.07, 6.45) is 9.57. The molecule has 1 saturated carbocycles. The predicted octanol–water partition coefficient (Wildman–Crippen LogP) is 4.01. The third-order valence-corrected chi connectivity index (χ3v) is 5.86. The van der Waals surface area contributed by atoms with Crippen molar-refractivity contribution in [3.8, 4) is 5.75 Å². The molecule has 136 valence electrons. The van der Waals surface area contributed by atoms with Gasteiger partial charge >= 0.3 is 0 Å². The fourth-order valence-corrected chi connectivity index (χ4v) is 4.68. The van der Waals surface area contributed by atoms with E-state index in [1.165, 1.54) is 18.9 Å². The molecule has 2 atom stereocenters. The molecular weight excluding hydrogens is 319 g/mol. The van der Waals surface area contributed by atoms with Crippen molar-refractivity contribution >= 4 is 11.6 Å². The van der Waals surface area contributed by atoms with Gasteiger partial charge in [-0.2, -0.15) is 0 Å². The number of carbonyl (C=O) groups excluding carboxylic acids is 1. The molecule has 2 bridgehead atoms. The lowest BCUT2D eigenvalue weighted by molar-refractivity contribution is -0.117. The number of carbonyl (C=O) groups is 1. The minimum Gasteiger partial charge on any atom is -0.487 e. The molecule has 1 aromatic carbocycles. The Balaban J connectivity index is 1.31. The Hall–Kier alpha value is -1.62. The van der Waals surface area contributed by atoms with Gasteiger partial charge in [-0.25, -0.2) is 4.39 Å². The van der Waals surface area contributed by atoms with E-state index < -0.39 is 5.82 Å². The van der Waals surface area contributed by atoms with E-state index in [4.69, 9.17) is 4.74 Å². The number of ether oxygens (including phenoxy) is 1. The number of amides is 1. The van der Waals surface area contributed by atoms with E-state index in [0.717, 1.165) is 38.5 Å². The number of nitrogens with one attached hydrogen (secondary N) is 2. The van der Waals surface area contributed by atoms with E-state index in [0.29, 0.717) is 35.9 Å². The van der Waals surface area contributed by atoms with Crippen molar-refractivity contribution in [2.75, 3.05) is 5.32 Å². The lowest BCUT2D eigenvalue weighted by atomic mass is 9.89. The molecule has 25 heavy (non-hydrogen) atoms. The molecule has 2 N–H and O–H groups in total. The minimum absolute atomic E-state index is 0.0184. The molecule has 2 unspecified atom stereocenters. The molecule has 2 saturated heterocycles. The Kier molecular flexibility index (Phi) is 4.93. The van der Waals surface area contributed by atoms with Gasteiger partial charge in [0.25, 0.3) is 0 Å². The van der Waals surface area contributed by atoms with Crippen LogP contribution in [-0.2, 0) is 4.79 Å². The Labute approximate surface area is 148 Å². The smallest absolute Gasteiger partial charge is 0.224 e. The number of piperidine rings is 1. The lowest BCUT2D eigenvalue weighted by Crippen LogP contribution is -2.39. The van der Waals surface area contributed by atoms with Crippen LogP contribution in [0.15, 0.2) is 18.2 Å². The zero-order chi connectivity index (χ0) is 17.2. The molecule has 2 heterocycles. The van der Waals surface area contributed by atoms with E-state index in [1.807, 2.05) is 0 Å². The van der Waals surface area contributed by atoms with Crippen molar-refractivity contribution in [3.05, 3.63) is 24.0 Å². The zero-order valence-electron chi connectivity index (χ0n) is 14.6. The number of halogens is 1. The largest absolute Gasteiger partial charge is 0.487 e. The van der Waals surface area contributed by atoms with Crippen LogP contribution < -0.4 is 15.4 Å². The summed E-state index contributed by atoms with van der Waals surface area (Å²) in [6, 6.07) is 5.90. The number of hydrogen-bond acceptors (Lipinski definition) is 3. The summed E-state index contributed by atoms with van der Waals surface area (Å²) >= 11 is 0. The van der Waals surface area contributed by atoms with Crippen LogP contribution in [0, 0.1) is 11.7 Å².